The molecule has 0 fully saturated rings. The number of aryl methyl sites for hydroxylation is 2. The number of aliphatic imine (C=N–C) groups is 1. The number of aliphatic hydroxyl groups is 1. The number of nitrogens with one attached hydrogen (secondary N) is 2. The average Bonchev–Trinajstić information content (AvgIpc) is 3.31. The second-order valence-corrected chi connectivity index (χ2v) is 13.5. The summed E-state index contributed by atoms with van der Waals surface area (Å²) in [7, 11) is -1.07. The van der Waals surface area contributed by atoms with Crippen molar-refractivity contribution in [3.63, 3.8) is 0 Å². The van der Waals surface area contributed by atoms with Crippen LogP contribution >= 0.6 is 7.14 Å². The van der Waals surface area contributed by atoms with Gasteiger partial charge in [0.05, 0.1) is 18.0 Å². The molecule has 5 N–H and O–H groups in total. The summed E-state index contributed by atoms with van der Waals surface area (Å²) in [4.78, 5) is 18.7. The van der Waals surface area contributed by atoms with Gasteiger partial charge < -0.3 is 26.0 Å². The summed E-state index contributed by atoms with van der Waals surface area (Å²) >= 11 is 0. The van der Waals surface area contributed by atoms with Crippen LogP contribution in [0, 0.1) is 19.7 Å². The van der Waals surface area contributed by atoms with Crippen LogP contribution < -0.4 is 27.4 Å². The Morgan fingerprint density at radius 1 is 1.25 bits per heavy atom. The molecule has 0 saturated carbocycles. The number of benzene rings is 2. The molecule has 1 aliphatic rings. The molecule has 11 heteroatoms. The third kappa shape index (κ3) is 5.57. The number of nitrogens with zero attached hydrogens (tertiary/aromatic N) is 3. The number of aromatic nitrogens is 2. The van der Waals surface area contributed by atoms with Crippen LogP contribution in [0.3, 0.4) is 0 Å². The molecular weight excluding hydrogens is 530 g/mol. The predicted molar refractivity (Wildman–Crippen MR) is 161 cm³/mol. The first-order chi connectivity index (χ1) is 19.0. The Morgan fingerprint density at radius 2 is 1.95 bits per heavy atom. The van der Waals surface area contributed by atoms with Crippen molar-refractivity contribution in [2.75, 3.05) is 37.8 Å². The third-order valence-corrected chi connectivity index (χ3v) is 10.7. The van der Waals surface area contributed by atoms with Crippen molar-refractivity contribution in [2.45, 2.75) is 40.2 Å². The largest absolute Gasteiger partial charge is 0.402 e. The first-order valence-corrected chi connectivity index (χ1v) is 15.5. The molecule has 214 valence electrons. The van der Waals surface area contributed by atoms with Crippen molar-refractivity contribution in [1.29, 1.82) is 0 Å². The van der Waals surface area contributed by atoms with E-state index >= 15 is 0 Å². The SMILES string of the molecule is CCP(=O)(CCO)c1ccc(-n2ccn(C(=Nc3cc(C)c(F)c(C)c3)C3=C(N)CCN[C@H]3C)c2=O)cc1NC. The zero-order valence-electron chi connectivity index (χ0n) is 23.7. The van der Waals surface area contributed by atoms with Crippen LogP contribution in [-0.4, -0.2) is 58.6 Å². The first kappa shape index (κ1) is 29.5. The molecule has 1 unspecified atom stereocenters. The molecule has 0 radical (unpaired) electrons. The molecule has 2 heterocycles. The van der Waals surface area contributed by atoms with Crippen LogP contribution in [-0.2, 0) is 4.57 Å². The van der Waals surface area contributed by atoms with Crippen molar-refractivity contribution in [3.8, 4) is 5.69 Å². The summed E-state index contributed by atoms with van der Waals surface area (Å²) < 4.78 is 30.8. The minimum absolute atomic E-state index is 0.157. The second-order valence-electron chi connectivity index (χ2n) is 10.1. The molecule has 0 bridgehead atoms. The maximum absolute atomic E-state index is 14.4. The molecule has 0 spiro atoms. The Balaban J connectivity index is 1.88. The standard InChI is InChI=1S/C29H38FN6O3P/c1-6-40(39,14-13-37)25-8-7-22(17-24(25)32-5)35-11-12-36(29(35)38)28(26-20(4)33-10-9-23(26)31)34-21-15-18(2)27(30)19(3)16-21/h7-8,11-12,15-17,20,32-33,37H,6,9-10,13-14,31H2,1-5H3/t20-,40?/m0/s1. The lowest BCUT2D eigenvalue weighted by Crippen LogP contribution is -2.42. The van der Waals surface area contributed by atoms with Gasteiger partial charge in [0.15, 0.2) is 0 Å². The fourth-order valence-corrected chi connectivity index (χ4v) is 7.39. The van der Waals surface area contributed by atoms with Crippen molar-refractivity contribution in [3.05, 3.63) is 81.4 Å². The summed E-state index contributed by atoms with van der Waals surface area (Å²) in [6.07, 6.45) is 4.51. The number of imidazole rings is 1. The zero-order valence-corrected chi connectivity index (χ0v) is 24.6. The summed E-state index contributed by atoms with van der Waals surface area (Å²) in [6, 6.07) is 8.44. The first-order valence-electron chi connectivity index (χ1n) is 13.4. The highest BCUT2D eigenvalue weighted by atomic mass is 31.2. The Morgan fingerprint density at radius 3 is 2.55 bits per heavy atom. The van der Waals surface area contributed by atoms with E-state index in [4.69, 9.17) is 10.7 Å². The highest BCUT2D eigenvalue weighted by Gasteiger charge is 2.27. The fraction of sp³-hybridized carbons (Fsp3) is 0.379. The summed E-state index contributed by atoms with van der Waals surface area (Å²) in [5, 5.41) is 16.6. The summed E-state index contributed by atoms with van der Waals surface area (Å²) in [5.41, 5.74) is 10.1. The van der Waals surface area contributed by atoms with Crippen molar-refractivity contribution < 1.29 is 14.1 Å². The van der Waals surface area contributed by atoms with Gasteiger partial charge in [-0.3, -0.25) is 9.13 Å². The van der Waals surface area contributed by atoms with Gasteiger partial charge in [0, 0.05) is 66.6 Å². The minimum Gasteiger partial charge on any atom is -0.402 e. The number of hydrogen-bond acceptors (Lipinski definition) is 7. The maximum Gasteiger partial charge on any atom is 0.338 e. The van der Waals surface area contributed by atoms with E-state index in [0.29, 0.717) is 69.7 Å². The number of aliphatic hydroxyl groups excluding tert-OH is 1. The van der Waals surface area contributed by atoms with Gasteiger partial charge in [-0.1, -0.05) is 6.92 Å². The molecule has 40 heavy (non-hydrogen) atoms. The molecule has 4 rings (SSSR count). The Bertz CT molecular complexity index is 1570. The van der Waals surface area contributed by atoms with Gasteiger partial charge in [-0.05, 0) is 68.7 Å². The third-order valence-electron chi connectivity index (χ3n) is 7.46. The van der Waals surface area contributed by atoms with Crippen molar-refractivity contribution >= 4 is 29.7 Å². The predicted octanol–water partition coefficient (Wildman–Crippen LogP) is 3.61. The van der Waals surface area contributed by atoms with Crippen LogP contribution in [0.25, 0.3) is 5.69 Å². The molecule has 2 atom stereocenters. The number of rotatable bonds is 8. The van der Waals surface area contributed by atoms with Crippen LogP contribution in [0.4, 0.5) is 15.8 Å². The molecule has 0 aliphatic carbocycles. The molecule has 9 nitrogen and oxygen atoms in total. The van der Waals surface area contributed by atoms with E-state index in [1.807, 2.05) is 13.8 Å². The highest BCUT2D eigenvalue weighted by Crippen LogP contribution is 2.45. The molecule has 3 aromatic rings. The topological polar surface area (TPSA) is 127 Å². The van der Waals surface area contributed by atoms with E-state index in [9.17, 15) is 18.9 Å². The van der Waals surface area contributed by atoms with Crippen LogP contribution in [0.15, 0.2) is 63.8 Å². The van der Waals surface area contributed by atoms with E-state index in [2.05, 4.69) is 10.6 Å². The molecule has 0 amide bonds. The van der Waals surface area contributed by atoms with Gasteiger partial charge in [0.2, 0.25) is 0 Å². The smallest absolute Gasteiger partial charge is 0.338 e. The van der Waals surface area contributed by atoms with Crippen LogP contribution in [0.5, 0.6) is 0 Å². The Kier molecular flexibility index (Phi) is 8.83. The summed E-state index contributed by atoms with van der Waals surface area (Å²) in [5.74, 6) is 0.0842. The quantitative estimate of drug-likeness (QED) is 0.187. The lowest BCUT2D eigenvalue weighted by molar-refractivity contribution is 0.319. The molecule has 1 aromatic heterocycles. The number of halogens is 1. The molecular formula is C29H38FN6O3P. The molecule has 1 aliphatic heterocycles. The van der Waals surface area contributed by atoms with Crippen molar-refractivity contribution in [2.24, 2.45) is 10.7 Å². The number of anilines is 1. The van der Waals surface area contributed by atoms with Crippen LogP contribution in [0.1, 0.15) is 31.4 Å². The fourth-order valence-electron chi connectivity index (χ4n) is 5.20. The van der Waals surface area contributed by atoms with Crippen LogP contribution in [0.2, 0.25) is 0 Å². The lowest BCUT2D eigenvalue weighted by atomic mass is 9.99. The number of hydrogen-bond donors (Lipinski definition) is 4. The maximum atomic E-state index is 14.4. The van der Waals surface area contributed by atoms with E-state index < -0.39 is 7.14 Å². The Hall–Kier alpha value is -3.46. The number of nitrogens with two attached hydrogens (primary N) is 1. The van der Waals surface area contributed by atoms with Gasteiger partial charge in [-0.25, -0.2) is 14.2 Å². The highest BCUT2D eigenvalue weighted by molar-refractivity contribution is 7.71. The van der Waals surface area contributed by atoms with E-state index in [-0.39, 0.29) is 30.3 Å². The zero-order chi connectivity index (χ0) is 29.2. The summed E-state index contributed by atoms with van der Waals surface area (Å²) in [6.45, 7) is 7.73. The van der Waals surface area contributed by atoms with Crippen molar-refractivity contribution in [1.82, 2.24) is 14.5 Å². The van der Waals surface area contributed by atoms with E-state index in [1.54, 1.807) is 63.6 Å². The van der Waals surface area contributed by atoms with Gasteiger partial charge in [-0.15, -0.1) is 0 Å². The Labute approximate surface area is 234 Å². The second kappa shape index (κ2) is 12.0. The monoisotopic (exact) mass is 568 g/mol. The molecule has 0 saturated heterocycles. The van der Waals surface area contributed by atoms with Gasteiger partial charge in [0.25, 0.3) is 0 Å². The average molecular weight is 569 g/mol. The van der Waals surface area contributed by atoms with Gasteiger partial charge >= 0.3 is 5.69 Å². The van der Waals surface area contributed by atoms with E-state index in [1.165, 1.54) is 9.13 Å². The lowest BCUT2D eigenvalue weighted by Gasteiger charge is -2.26. The van der Waals surface area contributed by atoms with Gasteiger partial charge in [-0.2, -0.15) is 0 Å². The normalized spacial score (nSPS) is 17.7. The minimum atomic E-state index is -2.80. The van der Waals surface area contributed by atoms with E-state index in [0.717, 1.165) is 0 Å². The van der Waals surface area contributed by atoms with Gasteiger partial charge in [0.1, 0.15) is 18.8 Å². The molecule has 2 aromatic carbocycles.